The topological polar surface area (TPSA) is 38.0 Å². The Bertz CT molecular complexity index is 736. The van der Waals surface area contributed by atoms with Crippen molar-refractivity contribution in [2.75, 3.05) is 38.0 Å². The first-order chi connectivity index (χ1) is 12.5. The molecular formula is C22H31N3O+2. The van der Waals surface area contributed by atoms with E-state index in [1.165, 1.54) is 16.0 Å². The molecule has 4 nitrogen and oxygen atoms in total. The first-order valence-electron chi connectivity index (χ1n) is 9.63. The summed E-state index contributed by atoms with van der Waals surface area (Å²) < 4.78 is 0. The van der Waals surface area contributed by atoms with Crippen LogP contribution in [0.5, 0.6) is 0 Å². The SMILES string of the molecule is Cc1cccc(NC(=O)C[NH+]2CC[NH+]([C@@H](C)c3ccccc3)CC2)c1C. The number of amides is 1. The minimum atomic E-state index is 0.119. The van der Waals surface area contributed by atoms with Crippen molar-refractivity contribution in [3.05, 3.63) is 65.2 Å². The zero-order valence-electron chi connectivity index (χ0n) is 16.1. The third kappa shape index (κ3) is 4.51. The van der Waals surface area contributed by atoms with Gasteiger partial charge < -0.3 is 15.1 Å². The van der Waals surface area contributed by atoms with Gasteiger partial charge in [0.25, 0.3) is 5.91 Å². The second-order valence-corrected chi connectivity index (χ2v) is 7.51. The minimum absolute atomic E-state index is 0.119. The molecule has 1 aliphatic rings. The summed E-state index contributed by atoms with van der Waals surface area (Å²) in [5, 5.41) is 3.09. The molecule has 1 aliphatic heterocycles. The second kappa shape index (κ2) is 8.47. The van der Waals surface area contributed by atoms with E-state index in [-0.39, 0.29) is 5.91 Å². The van der Waals surface area contributed by atoms with Gasteiger partial charge in [-0.15, -0.1) is 0 Å². The maximum atomic E-state index is 12.4. The van der Waals surface area contributed by atoms with Crippen molar-refractivity contribution in [1.82, 2.24) is 0 Å². The normalized spacial score (nSPS) is 21.2. The van der Waals surface area contributed by atoms with Gasteiger partial charge in [0.1, 0.15) is 32.2 Å². The van der Waals surface area contributed by atoms with Crippen molar-refractivity contribution >= 4 is 11.6 Å². The molecule has 0 radical (unpaired) electrons. The number of hydrogen-bond acceptors (Lipinski definition) is 1. The van der Waals surface area contributed by atoms with Gasteiger partial charge in [-0.25, -0.2) is 0 Å². The lowest BCUT2D eigenvalue weighted by Gasteiger charge is -2.33. The Morgan fingerprint density at radius 2 is 1.69 bits per heavy atom. The molecule has 1 heterocycles. The Labute approximate surface area is 156 Å². The standard InChI is InChI=1S/C22H29N3O/c1-17-8-7-11-21(18(17)2)23-22(26)16-24-12-14-25(15-13-24)19(3)20-9-5-4-6-10-20/h4-11,19H,12-16H2,1-3H3,(H,23,26)/p+2/t19-/m0/s1. The van der Waals surface area contributed by atoms with Crippen molar-refractivity contribution < 1.29 is 14.6 Å². The summed E-state index contributed by atoms with van der Waals surface area (Å²) in [4.78, 5) is 15.4. The van der Waals surface area contributed by atoms with Crippen molar-refractivity contribution in [3.63, 3.8) is 0 Å². The maximum Gasteiger partial charge on any atom is 0.279 e. The van der Waals surface area contributed by atoms with Gasteiger partial charge in [-0.1, -0.05) is 42.5 Å². The van der Waals surface area contributed by atoms with Gasteiger partial charge in [0.05, 0.1) is 0 Å². The van der Waals surface area contributed by atoms with Crippen LogP contribution in [-0.2, 0) is 4.79 Å². The van der Waals surface area contributed by atoms with Crippen LogP contribution in [-0.4, -0.2) is 38.6 Å². The first-order valence-corrected chi connectivity index (χ1v) is 9.63. The zero-order chi connectivity index (χ0) is 18.5. The van der Waals surface area contributed by atoms with Crippen LogP contribution in [0.4, 0.5) is 5.69 Å². The Morgan fingerprint density at radius 3 is 2.38 bits per heavy atom. The third-order valence-electron chi connectivity index (χ3n) is 5.80. The van der Waals surface area contributed by atoms with E-state index >= 15 is 0 Å². The summed E-state index contributed by atoms with van der Waals surface area (Å²) in [7, 11) is 0. The van der Waals surface area contributed by atoms with Gasteiger partial charge in [0, 0.05) is 11.3 Å². The number of quaternary nitrogens is 2. The van der Waals surface area contributed by atoms with E-state index < -0.39 is 0 Å². The maximum absolute atomic E-state index is 12.4. The van der Waals surface area contributed by atoms with Crippen molar-refractivity contribution in [2.45, 2.75) is 26.8 Å². The summed E-state index contributed by atoms with van der Waals surface area (Å²) in [6.07, 6.45) is 0. The zero-order valence-corrected chi connectivity index (χ0v) is 16.1. The number of carbonyl (C=O) groups excluding carboxylic acids is 1. The Hall–Kier alpha value is -2.17. The van der Waals surface area contributed by atoms with Crippen LogP contribution in [0.3, 0.4) is 0 Å². The van der Waals surface area contributed by atoms with E-state index in [4.69, 9.17) is 0 Å². The predicted octanol–water partition coefficient (Wildman–Crippen LogP) is 0.787. The van der Waals surface area contributed by atoms with E-state index in [9.17, 15) is 4.79 Å². The molecule has 0 aromatic heterocycles. The second-order valence-electron chi connectivity index (χ2n) is 7.51. The fourth-order valence-corrected chi connectivity index (χ4v) is 3.82. The van der Waals surface area contributed by atoms with Gasteiger partial charge in [-0.3, -0.25) is 4.79 Å². The molecule has 1 saturated heterocycles. The van der Waals surface area contributed by atoms with Gasteiger partial charge >= 0.3 is 0 Å². The molecule has 0 spiro atoms. The van der Waals surface area contributed by atoms with Gasteiger partial charge in [0.2, 0.25) is 0 Å². The molecule has 2 aromatic carbocycles. The summed E-state index contributed by atoms with van der Waals surface area (Å²) >= 11 is 0. The van der Waals surface area contributed by atoms with Crippen LogP contribution in [0.25, 0.3) is 0 Å². The third-order valence-corrected chi connectivity index (χ3v) is 5.80. The Kier molecular flexibility index (Phi) is 6.07. The van der Waals surface area contributed by atoms with E-state index in [2.05, 4.69) is 62.5 Å². The van der Waals surface area contributed by atoms with E-state index in [1.807, 2.05) is 12.1 Å². The lowest BCUT2D eigenvalue weighted by atomic mass is 10.1. The molecule has 0 saturated carbocycles. The molecule has 1 amide bonds. The first kappa shape index (κ1) is 18.6. The average Bonchev–Trinajstić information content (AvgIpc) is 2.66. The number of carbonyl (C=O) groups is 1. The monoisotopic (exact) mass is 353 g/mol. The van der Waals surface area contributed by atoms with E-state index in [0.717, 1.165) is 37.4 Å². The quantitative estimate of drug-likeness (QED) is 0.730. The van der Waals surface area contributed by atoms with Crippen molar-refractivity contribution in [1.29, 1.82) is 0 Å². The molecule has 0 aliphatic carbocycles. The highest BCUT2D eigenvalue weighted by molar-refractivity contribution is 5.92. The van der Waals surface area contributed by atoms with Crippen LogP contribution in [0.15, 0.2) is 48.5 Å². The Balaban J connectivity index is 1.49. The van der Waals surface area contributed by atoms with Crippen LogP contribution < -0.4 is 15.1 Å². The van der Waals surface area contributed by atoms with Crippen LogP contribution in [0, 0.1) is 13.8 Å². The van der Waals surface area contributed by atoms with Crippen LogP contribution in [0.2, 0.25) is 0 Å². The number of hydrogen-bond donors (Lipinski definition) is 3. The summed E-state index contributed by atoms with van der Waals surface area (Å²) in [5.41, 5.74) is 4.71. The Morgan fingerprint density at radius 1 is 1.00 bits per heavy atom. The molecule has 138 valence electrons. The van der Waals surface area contributed by atoms with Crippen molar-refractivity contribution in [3.8, 4) is 0 Å². The molecule has 26 heavy (non-hydrogen) atoms. The number of nitrogens with one attached hydrogen (secondary N) is 3. The summed E-state index contributed by atoms with van der Waals surface area (Å²) in [6.45, 7) is 11.3. The number of piperazine rings is 1. The lowest BCUT2D eigenvalue weighted by Crippen LogP contribution is -3.28. The van der Waals surface area contributed by atoms with Crippen molar-refractivity contribution in [2.24, 2.45) is 0 Å². The van der Waals surface area contributed by atoms with Crippen LogP contribution in [0.1, 0.15) is 29.7 Å². The van der Waals surface area contributed by atoms with Gasteiger partial charge in [0.15, 0.2) is 6.54 Å². The average molecular weight is 354 g/mol. The summed E-state index contributed by atoms with van der Waals surface area (Å²) in [5.74, 6) is 0.119. The highest BCUT2D eigenvalue weighted by Crippen LogP contribution is 2.17. The molecule has 2 aromatic rings. The highest BCUT2D eigenvalue weighted by atomic mass is 16.2. The minimum Gasteiger partial charge on any atom is -0.321 e. The highest BCUT2D eigenvalue weighted by Gasteiger charge is 2.28. The molecule has 4 heteroatoms. The predicted molar refractivity (Wildman–Crippen MR) is 106 cm³/mol. The fraction of sp³-hybridized carbons (Fsp3) is 0.409. The molecule has 0 bridgehead atoms. The lowest BCUT2D eigenvalue weighted by molar-refractivity contribution is -1.02. The number of anilines is 1. The molecule has 0 unspecified atom stereocenters. The fourth-order valence-electron chi connectivity index (χ4n) is 3.82. The summed E-state index contributed by atoms with van der Waals surface area (Å²) in [6, 6.07) is 17.3. The molecular weight excluding hydrogens is 322 g/mol. The molecule has 3 rings (SSSR count). The molecule has 1 atom stereocenters. The number of aryl methyl sites for hydroxylation is 1. The van der Waals surface area contributed by atoms with E-state index in [1.54, 1.807) is 4.90 Å². The van der Waals surface area contributed by atoms with Crippen LogP contribution >= 0.6 is 0 Å². The van der Waals surface area contributed by atoms with Gasteiger partial charge in [-0.05, 0) is 38.0 Å². The smallest absolute Gasteiger partial charge is 0.279 e. The number of rotatable bonds is 5. The molecule has 1 fully saturated rings. The molecule has 3 N–H and O–H groups in total. The number of benzene rings is 2. The largest absolute Gasteiger partial charge is 0.321 e. The van der Waals surface area contributed by atoms with Gasteiger partial charge in [-0.2, -0.15) is 0 Å². The van der Waals surface area contributed by atoms with E-state index in [0.29, 0.717) is 12.6 Å².